The first-order valence-electron chi connectivity index (χ1n) is 4.72. The van der Waals surface area contributed by atoms with Crippen molar-refractivity contribution in [3.05, 3.63) is 41.5 Å². The maximum Gasteiger partial charge on any atom is 0.328 e. The third kappa shape index (κ3) is 2.23. The molecule has 82 valence electrons. The third-order valence-electron chi connectivity index (χ3n) is 2.10. The summed E-state index contributed by atoms with van der Waals surface area (Å²) in [4.78, 5) is 11.5. The van der Waals surface area contributed by atoms with Crippen molar-refractivity contribution in [2.45, 2.75) is 6.92 Å². The summed E-state index contributed by atoms with van der Waals surface area (Å²) < 4.78 is 5.57. The van der Waals surface area contributed by atoms with E-state index in [9.17, 15) is 4.79 Å². The highest BCUT2D eigenvalue weighted by molar-refractivity contribution is 7.13. The molecule has 2 aromatic rings. The first kappa shape index (κ1) is 10.7. The van der Waals surface area contributed by atoms with Gasteiger partial charge >= 0.3 is 5.97 Å². The predicted octanol–water partition coefficient (Wildman–Crippen LogP) is 3.50. The summed E-state index contributed by atoms with van der Waals surface area (Å²) in [6.45, 7) is 1.71. The Morgan fingerprint density at radius 1 is 1.44 bits per heavy atom. The van der Waals surface area contributed by atoms with Crippen LogP contribution in [0, 0.1) is 0 Å². The lowest BCUT2D eigenvalue weighted by Crippen LogP contribution is -1.88. The molecule has 0 amide bonds. The lowest BCUT2D eigenvalue weighted by Gasteiger charge is -1.94. The Hall–Kier alpha value is -1.81. The number of allylic oxidation sites excluding steroid dienone is 1. The van der Waals surface area contributed by atoms with Crippen LogP contribution in [0.2, 0.25) is 0 Å². The van der Waals surface area contributed by atoms with Crippen LogP contribution in [0.5, 0.6) is 0 Å². The number of rotatable bonds is 3. The Morgan fingerprint density at radius 2 is 2.25 bits per heavy atom. The average molecular weight is 234 g/mol. The Kier molecular flexibility index (Phi) is 2.92. The van der Waals surface area contributed by atoms with Crippen molar-refractivity contribution < 1.29 is 14.3 Å². The molecule has 4 heteroatoms. The Morgan fingerprint density at radius 3 is 2.88 bits per heavy atom. The summed E-state index contributed by atoms with van der Waals surface area (Å²) in [6, 6.07) is 7.54. The van der Waals surface area contributed by atoms with Crippen LogP contribution in [0.3, 0.4) is 0 Å². The van der Waals surface area contributed by atoms with E-state index in [4.69, 9.17) is 9.52 Å². The molecule has 0 aliphatic rings. The average Bonchev–Trinajstić information content (AvgIpc) is 2.87. The van der Waals surface area contributed by atoms with Crippen molar-refractivity contribution in [1.82, 2.24) is 0 Å². The number of carboxylic acid groups (broad SMARTS) is 1. The number of hydrogen-bond acceptors (Lipinski definition) is 3. The second-order valence-electron chi connectivity index (χ2n) is 3.31. The zero-order valence-corrected chi connectivity index (χ0v) is 9.45. The highest BCUT2D eigenvalue weighted by Gasteiger charge is 2.07. The SMILES string of the molecule is C/C(=C\C(=O)O)c1ccc(-c2cccs2)o1. The summed E-state index contributed by atoms with van der Waals surface area (Å²) in [5.74, 6) is 0.389. The van der Waals surface area contributed by atoms with E-state index in [1.165, 1.54) is 0 Å². The molecule has 2 heterocycles. The van der Waals surface area contributed by atoms with Crippen LogP contribution in [0.15, 0.2) is 40.1 Å². The molecule has 1 N–H and O–H groups in total. The first-order valence-corrected chi connectivity index (χ1v) is 5.60. The molecular formula is C12H10O3S. The van der Waals surface area contributed by atoms with Gasteiger partial charge in [-0.15, -0.1) is 11.3 Å². The Balaban J connectivity index is 2.30. The van der Waals surface area contributed by atoms with E-state index in [1.54, 1.807) is 24.3 Å². The van der Waals surface area contributed by atoms with Crippen LogP contribution in [-0.4, -0.2) is 11.1 Å². The van der Waals surface area contributed by atoms with Gasteiger partial charge in [0.15, 0.2) is 0 Å². The fraction of sp³-hybridized carbons (Fsp3) is 0.0833. The Bertz CT molecular complexity index is 520. The molecule has 0 atom stereocenters. The highest BCUT2D eigenvalue weighted by Crippen LogP contribution is 2.28. The van der Waals surface area contributed by atoms with Crippen molar-refractivity contribution in [3.8, 4) is 10.6 Å². The van der Waals surface area contributed by atoms with Gasteiger partial charge in [-0.3, -0.25) is 0 Å². The maximum absolute atomic E-state index is 10.5. The van der Waals surface area contributed by atoms with Gasteiger partial charge in [-0.2, -0.15) is 0 Å². The van der Waals surface area contributed by atoms with Gasteiger partial charge in [0.05, 0.1) is 4.88 Å². The molecule has 0 radical (unpaired) electrons. The number of thiophene rings is 1. The molecule has 16 heavy (non-hydrogen) atoms. The molecule has 2 rings (SSSR count). The van der Waals surface area contributed by atoms with E-state index in [0.717, 1.165) is 16.7 Å². The second-order valence-corrected chi connectivity index (χ2v) is 4.25. The fourth-order valence-corrected chi connectivity index (χ4v) is 2.04. The number of aliphatic carboxylic acids is 1. The number of carbonyl (C=O) groups is 1. The zero-order valence-electron chi connectivity index (χ0n) is 8.64. The van der Waals surface area contributed by atoms with Crippen LogP contribution in [0.1, 0.15) is 12.7 Å². The minimum atomic E-state index is -0.966. The normalized spacial score (nSPS) is 11.7. The van der Waals surface area contributed by atoms with Crippen LogP contribution in [-0.2, 0) is 4.79 Å². The van der Waals surface area contributed by atoms with Gasteiger partial charge in [0, 0.05) is 6.08 Å². The fourth-order valence-electron chi connectivity index (χ4n) is 1.36. The second kappa shape index (κ2) is 4.37. The van der Waals surface area contributed by atoms with Crippen molar-refractivity contribution in [2.75, 3.05) is 0 Å². The summed E-state index contributed by atoms with van der Waals surface area (Å²) in [5, 5.41) is 10.6. The van der Waals surface area contributed by atoms with E-state index >= 15 is 0 Å². The van der Waals surface area contributed by atoms with E-state index in [1.807, 2.05) is 23.6 Å². The number of hydrogen-bond donors (Lipinski definition) is 1. The molecule has 0 aromatic carbocycles. The molecule has 2 aromatic heterocycles. The van der Waals surface area contributed by atoms with Crippen LogP contribution in [0.25, 0.3) is 16.2 Å². The minimum absolute atomic E-state index is 0.589. The summed E-state index contributed by atoms with van der Waals surface area (Å²) in [7, 11) is 0. The Labute approximate surface area is 96.6 Å². The summed E-state index contributed by atoms with van der Waals surface area (Å²) in [5.41, 5.74) is 0.607. The first-order chi connectivity index (χ1) is 7.66. The monoisotopic (exact) mass is 234 g/mol. The smallest absolute Gasteiger partial charge is 0.328 e. The van der Waals surface area contributed by atoms with Gasteiger partial charge in [-0.25, -0.2) is 4.79 Å². The molecule has 0 aliphatic heterocycles. The van der Waals surface area contributed by atoms with E-state index in [0.29, 0.717) is 11.3 Å². The van der Waals surface area contributed by atoms with Crippen LogP contribution >= 0.6 is 11.3 Å². The van der Waals surface area contributed by atoms with Crippen molar-refractivity contribution in [2.24, 2.45) is 0 Å². The van der Waals surface area contributed by atoms with E-state index in [2.05, 4.69) is 0 Å². The topological polar surface area (TPSA) is 50.4 Å². The molecular weight excluding hydrogens is 224 g/mol. The zero-order chi connectivity index (χ0) is 11.5. The van der Waals surface area contributed by atoms with E-state index < -0.39 is 5.97 Å². The number of furan rings is 1. The van der Waals surface area contributed by atoms with Gasteiger partial charge < -0.3 is 9.52 Å². The van der Waals surface area contributed by atoms with Gasteiger partial charge in [0.1, 0.15) is 11.5 Å². The molecule has 0 saturated heterocycles. The number of carboxylic acids is 1. The van der Waals surface area contributed by atoms with Gasteiger partial charge in [0.25, 0.3) is 0 Å². The molecule has 0 aliphatic carbocycles. The third-order valence-corrected chi connectivity index (χ3v) is 2.98. The molecule has 0 unspecified atom stereocenters. The van der Waals surface area contributed by atoms with Crippen LogP contribution < -0.4 is 0 Å². The predicted molar refractivity (Wildman–Crippen MR) is 63.3 cm³/mol. The molecule has 0 fully saturated rings. The molecule has 0 saturated carbocycles. The van der Waals surface area contributed by atoms with Crippen molar-refractivity contribution in [3.63, 3.8) is 0 Å². The summed E-state index contributed by atoms with van der Waals surface area (Å²) >= 11 is 1.59. The summed E-state index contributed by atoms with van der Waals surface area (Å²) in [6.07, 6.45) is 1.14. The molecule has 0 spiro atoms. The molecule has 0 bridgehead atoms. The van der Waals surface area contributed by atoms with Crippen molar-refractivity contribution in [1.29, 1.82) is 0 Å². The standard InChI is InChI=1S/C12H10O3S/c1-8(7-12(13)14)9-4-5-10(15-9)11-3-2-6-16-11/h2-7H,1H3,(H,13,14)/b8-7+. The quantitative estimate of drug-likeness (QED) is 0.827. The molecule has 3 nitrogen and oxygen atoms in total. The highest BCUT2D eigenvalue weighted by atomic mass is 32.1. The lowest BCUT2D eigenvalue weighted by atomic mass is 10.2. The van der Waals surface area contributed by atoms with E-state index in [-0.39, 0.29) is 0 Å². The van der Waals surface area contributed by atoms with Crippen molar-refractivity contribution >= 4 is 22.9 Å². The minimum Gasteiger partial charge on any atom is -0.478 e. The largest absolute Gasteiger partial charge is 0.478 e. The van der Waals surface area contributed by atoms with Gasteiger partial charge in [-0.1, -0.05) is 6.07 Å². The van der Waals surface area contributed by atoms with Gasteiger partial charge in [-0.05, 0) is 36.1 Å². The van der Waals surface area contributed by atoms with Crippen LogP contribution in [0.4, 0.5) is 0 Å². The van der Waals surface area contributed by atoms with Gasteiger partial charge in [0.2, 0.25) is 0 Å². The maximum atomic E-state index is 10.5. The lowest BCUT2D eigenvalue weighted by molar-refractivity contribution is -0.131.